The Morgan fingerprint density at radius 3 is 2.90 bits per heavy atom. The number of nitrogen functional groups attached to an aromatic ring is 1. The molecule has 0 aliphatic carbocycles. The number of methoxy groups -OCH3 is 1. The molecule has 9 heteroatoms. The summed E-state index contributed by atoms with van der Waals surface area (Å²) in [6.45, 7) is 0. The first kappa shape index (κ1) is 15.5. The maximum atomic E-state index is 12.0. The van der Waals surface area contributed by atoms with Crippen LogP contribution in [0.2, 0.25) is 5.02 Å². The Balaban J connectivity index is 1.99. The molecule has 2 rings (SSSR count). The Labute approximate surface area is 130 Å². The molecule has 0 aliphatic heterocycles. The van der Waals surface area contributed by atoms with Gasteiger partial charge in [-0.25, -0.2) is 0 Å². The molecule has 0 radical (unpaired) electrons. The van der Waals surface area contributed by atoms with Crippen LogP contribution in [0.5, 0.6) is 5.75 Å². The van der Waals surface area contributed by atoms with E-state index in [4.69, 9.17) is 22.1 Å². The van der Waals surface area contributed by atoms with Gasteiger partial charge in [0.05, 0.1) is 18.6 Å². The molecule has 1 aromatic heterocycles. The van der Waals surface area contributed by atoms with E-state index < -0.39 is 0 Å². The molecular formula is C12H14ClN5O2S. The zero-order valence-corrected chi connectivity index (χ0v) is 13.0. The number of ether oxygens (including phenoxy) is 1. The number of carbonyl (C=O) groups is 1. The number of nitrogens with zero attached hydrogens (tertiary/aromatic N) is 3. The van der Waals surface area contributed by atoms with E-state index in [1.54, 1.807) is 29.8 Å². The second-order valence-corrected chi connectivity index (χ2v) is 5.46. The van der Waals surface area contributed by atoms with Crippen LogP contribution in [0.4, 0.5) is 11.6 Å². The van der Waals surface area contributed by atoms with Gasteiger partial charge in [0, 0.05) is 12.1 Å². The highest BCUT2D eigenvalue weighted by Gasteiger charge is 2.12. The third kappa shape index (κ3) is 3.79. The van der Waals surface area contributed by atoms with Gasteiger partial charge in [-0.1, -0.05) is 23.4 Å². The maximum absolute atomic E-state index is 12.0. The standard InChI is InChI=1S/C12H14ClN5O2S/c1-18-11(14)16-17-12(18)21-6-10(19)15-8-5-7(13)3-4-9(8)20-2/h3-5H,6H2,1-2H3,(H2,14,16)(H,15,19). The van der Waals surface area contributed by atoms with E-state index in [-0.39, 0.29) is 11.7 Å². The number of anilines is 2. The monoisotopic (exact) mass is 327 g/mol. The molecule has 0 saturated carbocycles. The third-order valence-electron chi connectivity index (χ3n) is 2.64. The highest BCUT2D eigenvalue weighted by molar-refractivity contribution is 7.99. The molecule has 1 aromatic carbocycles. The molecule has 7 nitrogen and oxygen atoms in total. The largest absolute Gasteiger partial charge is 0.495 e. The topological polar surface area (TPSA) is 95.1 Å². The first-order valence-electron chi connectivity index (χ1n) is 5.92. The number of hydrogen-bond donors (Lipinski definition) is 2. The van der Waals surface area contributed by atoms with Crippen molar-refractivity contribution in [2.75, 3.05) is 23.9 Å². The number of nitrogens with one attached hydrogen (secondary N) is 1. The van der Waals surface area contributed by atoms with Crippen LogP contribution >= 0.6 is 23.4 Å². The molecule has 21 heavy (non-hydrogen) atoms. The number of halogens is 1. The molecule has 0 fully saturated rings. The first-order valence-corrected chi connectivity index (χ1v) is 7.28. The van der Waals surface area contributed by atoms with Gasteiger partial charge in [-0.2, -0.15) is 0 Å². The third-order valence-corrected chi connectivity index (χ3v) is 3.89. The van der Waals surface area contributed by atoms with Crippen LogP contribution in [0.3, 0.4) is 0 Å². The molecule has 112 valence electrons. The van der Waals surface area contributed by atoms with Gasteiger partial charge in [-0.15, -0.1) is 10.2 Å². The predicted molar refractivity (Wildman–Crippen MR) is 82.8 cm³/mol. The Hall–Kier alpha value is -1.93. The normalized spacial score (nSPS) is 10.4. The minimum Gasteiger partial charge on any atom is -0.495 e. The average Bonchev–Trinajstić information content (AvgIpc) is 2.77. The van der Waals surface area contributed by atoms with Crippen molar-refractivity contribution in [1.82, 2.24) is 14.8 Å². The highest BCUT2D eigenvalue weighted by atomic mass is 35.5. The van der Waals surface area contributed by atoms with E-state index in [0.717, 1.165) is 0 Å². The smallest absolute Gasteiger partial charge is 0.234 e. The van der Waals surface area contributed by atoms with Gasteiger partial charge in [-0.3, -0.25) is 9.36 Å². The Morgan fingerprint density at radius 2 is 2.29 bits per heavy atom. The van der Waals surface area contributed by atoms with Crippen molar-refractivity contribution in [2.24, 2.45) is 7.05 Å². The fourth-order valence-corrected chi connectivity index (χ4v) is 2.44. The average molecular weight is 328 g/mol. The summed E-state index contributed by atoms with van der Waals surface area (Å²) in [7, 11) is 3.26. The number of rotatable bonds is 5. The molecule has 1 heterocycles. The summed E-state index contributed by atoms with van der Waals surface area (Å²) >= 11 is 7.14. The van der Waals surface area contributed by atoms with E-state index in [9.17, 15) is 4.79 Å². The van der Waals surface area contributed by atoms with E-state index in [1.165, 1.54) is 18.9 Å². The summed E-state index contributed by atoms with van der Waals surface area (Å²) in [5.74, 6) is 0.805. The van der Waals surface area contributed by atoms with Crippen LogP contribution in [0.25, 0.3) is 0 Å². The summed E-state index contributed by atoms with van der Waals surface area (Å²) in [6, 6.07) is 5.00. The first-order chi connectivity index (χ1) is 10.0. The van der Waals surface area contributed by atoms with E-state index in [0.29, 0.717) is 27.6 Å². The fourth-order valence-electron chi connectivity index (χ4n) is 1.55. The minimum absolute atomic E-state index is 0.168. The number of carbonyl (C=O) groups excluding carboxylic acids is 1. The number of nitrogens with two attached hydrogens (primary N) is 1. The van der Waals surface area contributed by atoms with Crippen molar-refractivity contribution in [3.05, 3.63) is 23.2 Å². The van der Waals surface area contributed by atoms with Crippen LogP contribution in [0.1, 0.15) is 0 Å². The van der Waals surface area contributed by atoms with Crippen molar-refractivity contribution in [2.45, 2.75) is 5.16 Å². The number of hydrogen-bond acceptors (Lipinski definition) is 6. The summed E-state index contributed by atoms with van der Waals surface area (Å²) < 4.78 is 6.77. The lowest BCUT2D eigenvalue weighted by Gasteiger charge is -2.10. The molecule has 0 aliphatic rings. The second-order valence-electron chi connectivity index (χ2n) is 4.08. The molecular weight excluding hydrogens is 314 g/mol. The predicted octanol–water partition coefficient (Wildman–Crippen LogP) is 1.79. The number of thioether (sulfide) groups is 1. The van der Waals surface area contributed by atoms with E-state index in [2.05, 4.69) is 15.5 Å². The number of aromatic nitrogens is 3. The molecule has 1 amide bonds. The zero-order chi connectivity index (χ0) is 15.4. The number of amides is 1. The second kappa shape index (κ2) is 6.68. The highest BCUT2D eigenvalue weighted by Crippen LogP contribution is 2.28. The molecule has 3 N–H and O–H groups in total. The van der Waals surface area contributed by atoms with Crippen molar-refractivity contribution in [3.8, 4) is 5.75 Å². The lowest BCUT2D eigenvalue weighted by Crippen LogP contribution is -2.15. The van der Waals surface area contributed by atoms with Gasteiger partial charge in [0.25, 0.3) is 0 Å². The van der Waals surface area contributed by atoms with Crippen LogP contribution in [0, 0.1) is 0 Å². The van der Waals surface area contributed by atoms with E-state index >= 15 is 0 Å². The summed E-state index contributed by atoms with van der Waals surface area (Å²) in [6.07, 6.45) is 0. The molecule has 0 unspecified atom stereocenters. The molecule has 2 aromatic rings. The van der Waals surface area contributed by atoms with Gasteiger partial charge in [0.2, 0.25) is 11.9 Å². The number of benzene rings is 1. The minimum atomic E-state index is -0.206. The van der Waals surface area contributed by atoms with Crippen molar-refractivity contribution >= 4 is 40.9 Å². The lowest BCUT2D eigenvalue weighted by atomic mass is 10.3. The Kier molecular flexibility index (Phi) is 4.92. The van der Waals surface area contributed by atoms with Gasteiger partial charge in [0.15, 0.2) is 5.16 Å². The zero-order valence-electron chi connectivity index (χ0n) is 11.5. The van der Waals surface area contributed by atoms with Crippen LogP contribution in [-0.2, 0) is 11.8 Å². The van der Waals surface area contributed by atoms with Gasteiger partial charge in [0.1, 0.15) is 5.75 Å². The molecule has 0 spiro atoms. The van der Waals surface area contributed by atoms with Crippen LogP contribution in [-0.4, -0.2) is 33.5 Å². The summed E-state index contributed by atoms with van der Waals surface area (Å²) in [4.78, 5) is 12.0. The maximum Gasteiger partial charge on any atom is 0.234 e. The van der Waals surface area contributed by atoms with Crippen molar-refractivity contribution in [1.29, 1.82) is 0 Å². The van der Waals surface area contributed by atoms with Crippen LogP contribution in [0.15, 0.2) is 23.4 Å². The Morgan fingerprint density at radius 1 is 1.52 bits per heavy atom. The van der Waals surface area contributed by atoms with Crippen molar-refractivity contribution in [3.63, 3.8) is 0 Å². The quantitative estimate of drug-likeness (QED) is 0.813. The molecule has 0 saturated heterocycles. The van der Waals surface area contributed by atoms with Gasteiger partial charge >= 0.3 is 0 Å². The Bertz CT molecular complexity index is 661. The van der Waals surface area contributed by atoms with Crippen LogP contribution < -0.4 is 15.8 Å². The molecule has 0 bridgehead atoms. The van der Waals surface area contributed by atoms with Gasteiger partial charge in [-0.05, 0) is 18.2 Å². The fraction of sp³-hybridized carbons (Fsp3) is 0.250. The SMILES string of the molecule is COc1ccc(Cl)cc1NC(=O)CSc1nnc(N)n1C. The summed E-state index contributed by atoms with van der Waals surface area (Å²) in [5.41, 5.74) is 6.09. The molecule has 0 atom stereocenters. The van der Waals surface area contributed by atoms with E-state index in [1.807, 2.05) is 0 Å². The lowest BCUT2D eigenvalue weighted by molar-refractivity contribution is -0.113. The summed E-state index contributed by atoms with van der Waals surface area (Å²) in [5, 5.41) is 11.4. The van der Waals surface area contributed by atoms with Gasteiger partial charge < -0.3 is 15.8 Å². The van der Waals surface area contributed by atoms with Crippen molar-refractivity contribution < 1.29 is 9.53 Å².